The molecule has 21 heavy (non-hydrogen) atoms. The smallest absolute Gasteiger partial charge is 0.308 e. The van der Waals surface area contributed by atoms with Crippen LogP contribution >= 0.6 is 0 Å². The molecule has 1 aromatic rings. The minimum Gasteiger partial charge on any atom is -0.481 e. The molecule has 1 aliphatic carbocycles. The quantitative estimate of drug-likeness (QED) is 0.926. The molecule has 0 radical (unpaired) electrons. The van der Waals surface area contributed by atoms with E-state index in [9.17, 15) is 14.7 Å². The molecule has 1 aromatic carbocycles. The van der Waals surface area contributed by atoms with E-state index in [0.29, 0.717) is 25.3 Å². The average Bonchev–Trinajstić information content (AvgIpc) is 2.44. The van der Waals surface area contributed by atoms with E-state index in [1.807, 2.05) is 35.2 Å². The van der Waals surface area contributed by atoms with Gasteiger partial charge in [-0.15, -0.1) is 0 Å². The normalized spacial score (nSPS) is 26.5. The number of benzene rings is 1. The van der Waals surface area contributed by atoms with Crippen molar-refractivity contribution in [1.29, 1.82) is 0 Å². The van der Waals surface area contributed by atoms with Crippen molar-refractivity contribution in [2.45, 2.75) is 38.1 Å². The van der Waals surface area contributed by atoms with Crippen LogP contribution in [0.15, 0.2) is 30.3 Å². The summed E-state index contributed by atoms with van der Waals surface area (Å²) in [5, 5.41) is 9.54. The van der Waals surface area contributed by atoms with E-state index in [0.717, 1.165) is 18.4 Å². The molecule has 0 spiro atoms. The molecule has 2 aliphatic rings. The summed E-state index contributed by atoms with van der Waals surface area (Å²) in [6.45, 7) is 0.710. The standard InChI is InChI=1S/C17H21NO3/c19-15-10-9-14(17(20)21)16(13-7-2-1-3-8-13)18(15)11-12-5-4-6-12/h1-3,7-8,12,14,16H,4-6,9-11H2,(H,20,21)/t14-,16+/m1/s1. The number of carbonyl (C=O) groups excluding carboxylic acids is 1. The summed E-state index contributed by atoms with van der Waals surface area (Å²) >= 11 is 0. The number of amides is 1. The molecule has 1 saturated heterocycles. The van der Waals surface area contributed by atoms with Crippen LogP contribution in [0, 0.1) is 11.8 Å². The SMILES string of the molecule is O=C(O)[C@@H]1CCC(=O)N(CC2CCC2)[C@H]1c1ccccc1. The zero-order valence-electron chi connectivity index (χ0n) is 12.1. The maximum atomic E-state index is 12.4. The first-order valence-corrected chi connectivity index (χ1v) is 7.74. The molecule has 0 bridgehead atoms. The molecule has 0 unspecified atom stereocenters. The van der Waals surface area contributed by atoms with Gasteiger partial charge in [0.2, 0.25) is 5.91 Å². The molecule has 112 valence electrons. The summed E-state index contributed by atoms with van der Waals surface area (Å²) in [6.07, 6.45) is 4.33. The lowest BCUT2D eigenvalue weighted by molar-refractivity contribution is -0.153. The van der Waals surface area contributed by atoms with Crippen molar-refractivity contribution < 1.29 is 14.7 Å². The minimum absolute atomic E-state index is 0.105. The van der Waals surface area contributed by atoms with Crippen LogP contribution in [0.25, 0.3) is 0 Å². The molecule has 1 heterocycles. The second-order valence-corrected chi connectivity index (χ2v) is 6.18. The number of hydrogen-bond acceptors (Lipinski definition) is 2. The lowest BCUT2D eigenvalue weighted by Crippen LogP contribution is -2.47. The topological polar surface area (TPSA) is 57.6 Å². The van der Waals surface area contributed by atoms with E-state index in [2.05, 4.69) is 0 Å². The Balaban J connectivity index is 1.91. The predicted octanol–water partition coefficient (Wildman–Crippen LogP) is 2.85. The Morgan fingerprint density at radius 2 is 1.90 bits per heavy atom. The van der Waals surface area contributed by atoms with Gasteiger partial charge in [0.05, 0.1) is 12.0 Å². The zero-order chi connectivity index (χ0) is 14.8. The number of carbonyl (C=O) groups is 2. The number of carboxylic acids is 1. The van der Waals surface area contributed by atoms with Crippen LogP contribution in [-0.4, -0.2) is 28.4 Å². The van der Waals surface area contributed by atoms with Gasteiger partial charge in [0.1, 0.15) is 0 Å². The fourth-order valence-electron chi connectivity index (χ4n) is 3.44. The van der Waals surface area contributed by atoms with Gasteiger partial charge in [0, 0.05) is 13.0 Å². The monoisotopic (exact) mass is 287 g/mol. The molecule has 1 aliphatic heterocycles. The van der Waals surface area contributed by atoms with Crippen LogP contribution < -0.4 is 0 Å². The highest BCUT2D eigenvalue weighted by molar-refractivity contribution is 5.81. The summed E-state index contributed by atoms with van der Waals surface area (Å²) in [5.74, 6) is -0.638. The van der Waals surface area contributed by atoms with E-state index in [1.54, 1.807) is 0 Å². The van der Waals surface area contributed by atoms with Gasteiger partial charge >= 0.3 is 5.97 Å². The fourth-order valence-corrected chi connectivity index (χ4v) is 3.44. The molecule has 1 saturated carbocycles. The molecule has 1 N–H and O–H groups in total. The van der Waals surface area contributed by atoms with Crippen LogP contribution in [0.3, 0.4) is 0 Å². The Bertz CT molecular complexity index is 524. The minimum atomic E-state index is -0.796. The van der Waals surface area contributed by atoms with Crippen molar-refractivity contribution >= 4 is 11.9 Å². The summed E-state index contributed by atoms with van der Waals surface area (Å²) < 4.78 is 0. The van der Waals surface area contributed by atoms with Gasteiger partial charge in [-0.3, -0.25) is 9.59 Å². The second kappa shape index (κ2) is 5.88. The highest BCUT2D eigenvalue weighted by Crippen LogP contribution is 2.39. The lowest BCUT2D eigenvalue weighted by atomic mass is 9.80. The van der Waals surface area contributed by atoms with Crippen molar-refractivity contribution in [3.63, 3.8) is 0 Å². The van der Waals surface area contributed by atoms with Gasteiger partial charge in [0.25, 0.3) is 0 Å². The number of aliphatic carboxylic acids is 1. The molecular formula is C17H21NO3. The highest BCUT2D eigenvalue weighted by atomic mass is 16.4. The van der Waals surface area contributed by atoms with E-state index < -0.39 is 11.9 Å². The first kappa shape index (κ1) is 14.1. The predicted molar refractivity (Wildman–Crippen MR) is 78.6 cm³/mol. The molecule has 0 aromatic heterocycles. The van der Waals surface area contributed by atoms with Crippen molar-refractivity contribution in [2.75, 3.05) is 6.54 Å². The maximum absolute atomic E-state index is 12.4. The van der Waals surface area contributed by atoms with Crippen molar-refractivity contribution in [2.24, 2.45) is 11.8 Å². The van der Waals surface area contributed by atoms with Crippen LogP contribution in [0.4, 0.5) is 0 Å². The maximum Gasteiger partial charge on any atom is 0.308 e. The zero-order valence-corrected chi connectivity index (χ0v) is 12.1. The van der Waals surface area contributed by atoms with Crippen LogP contribution in [0.5, 0.6) is 0 Å². The Morgan fingerprint density at radius 1 is 1.19 bits per heavy atom. The van der Waals surface area contributed by atoms with Gasteiger partial charge in [0.15, 0.2) is 0 Å². The third-order valence-corrected chi connectivity index (χ3v) is 4.84. The average molecular weight is 287 g/mol. The third-order valence-electron chi connectivity index (χ3n) is 4.84. The third kappa shape index (κ3) is 2.80. The van der Waals surface area contributed by atoms with Crippen molar-refractivity contribution in [3.05, 3.63) is 35.9 Å². The number of hydrogen-bond donors (Lipinski definition) is 1. The van der Waals surface area contributed by atoms with E-state index in [1.165, 1.54) is 6.42 Å². The fraction of sp³-hybridized carbons (Fsp3) is 0.529. The number of carboxylic acid groups (broad SMARTS) is 1. The number of nitrogens with zero attached hydrogens (tertiary/aromatic N) is 1. The van der Waals surface area contributed by atoms with Crippen LogP contribution in [0.1, 0.15) is 43.7 Å². The summed E-state index contributed by atoms with van der Waals surface area (Å²) in [6, 6.07) is 9.30. The molecule has 3 rings (SSSR count). The molecule has 4 nitrogen and oxygen atoms in total. The van der Waals surface area contributed by atoms with E-state index in [-0.39, 0.29) is 11.9 Å². The Labute approximate surface area is 124 Å². The van der Waals surface area contributed by atoms with Gasteiger partial charge in [-0.25, -0.2) is 0 Å². The number of piperidine rings is 1. The van der Waals surface area contributed by atoms with Crippen LogP contribution in [0.2, 0.25) is 0 Å². The summed E-state index contributed by atoms with van der Waals surface area (Å²) in [7, 11) is 0. The Morgan fingerprint density at radius 3 is 2.48 bits per heavy atom. The van der Waals surface area contributed by atoms with Gasteiger partial charge < -0.3 is 10.0 Å². The number of rotatable bonds is 4. The lowest BCUT2D eigenvalue weighted by Gasteiger charge is -2.43. The van der Waals surface area contributed by atoms with Crippen molar-refractivity contribution in [3.8, 4) is 0 Å². The first-order valence-electron chi connectivity index (χ1n) is 7.74. The Hall–Kier alpha value is -1.84. The molecule has 2 atom stereocenters. The van der Waals surface area contributed by atoms with Crippen LogP contribution in [-0.2, 0) is 9.59 Å². The van der Waals surface area contributed by atoms with Gasteiger partial charge in [-0.05, 0) is 30.7 Å². The largest absolute Gasteiger partial charge is 0.481 e. The molecule has 4 heteroatoms. The van der Waals surface area contributed by atoms with Gasteiger partial charge in [-0.2, -0.15) is 0 Å². The molecule has 1 amide bonds. The van der Waals surface area contributed by atoms with E-state index >= 15 is 0 Å². The Kier molecular flexibility index (Phi) is 3.95. The first-order chi connectivity index (χ1) is 10.2. The summed E-state index contributed by atoms with van der Waals surface area (Å²) in [5.41, 5.74) is 0.942. The number of likely N-dealkylation sites (tertiary alicyclic amines) is 1. The second-order valence-electron chi connectivity index (χ2n) is 6.18. The van der Waals surface area contributed by atoms with E-state index in [4.69, 9.17) is 0 Å². The van der Waals surface area contributed by atoms with Crippen molar-refractivity contribution in [1.82, 2.24) is 4.90 Å². The molecule has 2 fully saturated rings. The summed E-state index contributed by atoms with van der Waals surface area (Å²) in [4.78, 5) is 25.8. The molecular weight excluding hydrogens is 266 g/mol. The van der Waals surface area contributed by atoms with Gasteiger partial charge in [-0.1, -0.05) is 36.8 Å². The highest BCUT2D eigenvalue weighted by Gasteiger charge is 2.41.